The van der Waals surface area contributed by atoms with Gasteiger partial charge in [0.1, 0.15) is 12.4 Å². The van der Waals surface area contributed by atoms with Crippen molar-refractivity contribution in [3.63, 3.8) is 0 Å². The van der Waals surface area contributed by atoms with Crippen molar-refractivity contribution in [1.29, 1.82) is 0 Å². The van der Waals surface area contributed by atoms with Crippen molar-refractivity contribution in [2.75, 3.05) is 6.54 Å². The number of amidine groups is 1. The largest absolute Gasteiger partial charge is 0.489 e. The number of pyridine rings is 1. The smallest absolute Gasteiger partial charge is 0.267 e. The van der Waals surface area contributed by atoms with Crippen LogP contribution < -0.4 is 4.74 Å². The molecule has 1 aromatic heterocycles. The quantitative estimate of drug-likeness (QED) is 0.315. The first kappa shape index (κ1) is 21.9. The van der Waals surface area contributed by atoms with E-state index in [-0.39, 0.29) is 5.91 Å². The zero-order chi connectivity index (χ0) is 22.3. The molecule has 7 heteroatoms. The number of rotatable bonds is 7. The van der Waals surface area contributed by atoms with Gasteiger partial charge in [0.15, 0.2) is 11.0 Å². The van der Waals surface area contributed by atoms with E-state index in [1.165, 1.54) is 11.8 Å². The number of hydrogen-bond donors (Lipinski definition) is 0. The molecule has 0 spiro atoms. The lowest BCUT2D eigenvalue weighted by Crippen LogP contribution is -2.29. The number of carbonyl (C=O) groups is 1. The van der Waals surface area contributed by atoms with Gasteiger partial charge in [-0.1, -0.05) is 48.0 Å². The van der Waals surface area contributed by atoms with Gasteiger partial charge in [-0.15, -0.1) is 6.58 Å². The zero-order valence-electron chi connectivity index (χ0n) is 17.1. The molecule has 32 heavy (non-hydrogen) atoms. The lowest BCUT2D eigenvalue weighted by Gasteiger charge is -2.12. The Labute approximate surface area is 196 Å². The number of aromatic nitrogens is 1. The number of benzene rings is 2. The van der Waals surface area contributed by atoms with Gasteiger partial charge in [-0.25, -0.2) is 9.98 Å². The van der Waals surface area contributed by atoms with Gasteiger partial charge < -0.3 is 4.74 Å². The first-order chi connectivity index (χ1) is 15.6. The van der Waals surface area contributed by atoms with Crippen LogP contribution in [0.2, 0.25) is 5.02 Å². The monoisotopic (exact) mass is 461 g/mol. The van der Waals surface area contributed by atoms with Crippen LogP contribution in [0.5, 0.6) is 5.75 Å². The van der Waals surface area contributed by atoms with Gasteiger partial charge >= 0.3 is 0 Å². The third kappa shape index (κ3) is 5.46. The molecule has 1 fully saturated rings. The van der Waals surface area contributed by atoms with E-state index >= 15 is 0 Å². The predicted octanol–water partition coefficient (Wildman–Crippen LogP) is 6.10. The normalized spacial score (nSPS) is 16.0. The van der Waals surface area contributed by atoms with E-state index in [4.69, 9.17) is 16.3 Å². The van der Waals surface area contributed by atoms with Gasteiger partial charge in [-0.2, -0.15) is 0 Å². The van der Waals surface area contributed by atoms with Crippen molar-refractivity contribution in [3.05, 3.63) is 107 Å². The summed E-state index contributed by atoms with van der Waals surface area (Å²) in [6.45, 7) is 4.58. The van der Waals surface area contributed by atoms with Gasteiger partial charge in [-0.3, -0.25) is 9.69 Å². The minimum atomic E-state index is -0.104. The molecule has 1 aliphatic rings. The average Bonchev–Trinajstić information content (AvgIpc) is 3.09. The number of halogens is 1. The molecule has 0 bridgehead atoms. The second-order valence-corrected chi connectivity index (χ2v) is 8.33. The van der Waals surface area contributed by atoms with Gasteiger partial charge in [0, 0.05) is 17.8 Å². The number of hydrogen-bond acceptors (Lipinski definition) is 5. The van der Waals surface area contributed by atoms with Crippen molar-refractivity contribution in [3.8, 4) is 5.75 Å². The first-order valence-electron chi connectivity index (χ1n) is 9.92. The molecule has 3 aromatic rings. The summed E-state index contributed by atoms with van der Waals surface area (Å²) in [4.78, 5) is 23.8. The standard InChI is InChI=1S/C25H20ClN3O2S/c1-2-15-29-24(30)22(32-25(29)28-23-5-3-4-14-27-23)16-18-8-12-21(13-9-18)31-17-19-6-10-20(26)11-7-19/h2-14,16H,1,15,17H2/b22-16-,28-25+. The zero-order valence-corrected chi connectivity index (χ0v) is 18.7. The van der Waals surface area contributed by atoms with E-state index in [0.29, 0.717) is 34.1 Å². The molecule has 1 amide bonds. The fraction of sp³-hybridized carbons (Fsp3) is 0.0800. The van der Waals surface area contributed by atoms with Crippen LogP contribution in [0.3, 0.4) is 0 Å². The van der Waals surface area contributed by atoms with Crippen molar-refractivity contribution in [2.45, 2.75) is 6.61 Å². The summed E-state index contributed by atoms with van der Waals surface area (Å²) in [6.07, 6.45) is 5.21. The molecule has 5 nitrogen and oxygen atoms in total. The topological polar surface area (TPSA) is 54.8 Å². The van der Waals surface area contributed by atoms with E-state index in [0.717, 1.165) is 16.9 Å². The van der Waals surface area contributed by atoms with Crippen molar-refractivity contribution in [1.82, 2.24) is 9.88 Å². The first-order valence-corrected chi connectivity index (χ1v) is 11.1. The third-order valence-electron chi connectivity index (χ3n) is 4.56. The number of aliphatic imine (C=N–C) groups is 1. The molecule has 160 valence electrons. The highest BCUT2D eigenvalue weighted by Crippen LogP contribution is 2.34. The van der Waals surface area contributed by atoms with Crippen LogP contribution in [0.4, 0.5) is 5.82 Å². The molecule has 1 saturated heterocycles. The molecule has 0 unspecified atom stereocenters. The SMILES string of the molecule is C=CCN1C(=O)/C(=C/c2ccc(OCc3ccc(Cl)cc3)cc2)S/C1=N/c1ccccn1. The molecule has 0 atom stereocenters. The molecule has 0 radical (unpaired) electrons. The summed E-state index contributed by atoms with van der Waals surface area (Å²) in [6, 6.07) is 20.6. The van der Waals surface area contributed by atoms with Crippen LogP contribution in [-0.4, -0.2) is 27.5 Å². The van der Waals surface area contributed by atoms with E-state index < -0.39 is 0 Å². The summed E-state index contributed by atoms with van der Waals surface area (Å²) in [5.74, 6) is 1.20. The molecule has 4 rings (SSSR count). The summed E-state index contributed by atoms with van der Waals surface area (Å²) in [5.41, 5.74) is 1.94. The number of nitrogens with zero attached hydrogens (tertiary/aromatic N) is 3. The number of amides is 1. The molecule has 0 saturated carbocycles. The summed E-state index contributed by atoms with van der Waals surface area (Å²) >= 11 is 7.24. The Hall–Kier alpha value is -3.35. The van der Waals surface area contributed by atoms with Crippen molar-refractivity contribution < 1.29 is 9.53 Å². The summed E-state index contributed by atoms with van der Waals surface area (Å²) < 4.78 is 5.83. The number of carbonyl (C=O) groups excluding carboxylic acids is 1. The fourth-order valence-electron chi connectivity index (χ4n) is 2.96. The summed E-state index contributed by atoms with van der Waals surface area (Å²) in [5, 5.41) is 1.29. The highest BCUT2D eigenvalue weighted by molar-refractivity contribution is 8.18. The Morgan fingerprint density at radius 3 is 2.56 bits per heavy atom. The molecule has 2 heterocycles. The fourth-order valence-corrected chi connectivity index (χ4v) is 4.08. The molecule has 1 aliphatic heterocycles. The van der Waals surface area contributed by atoms with Crippen LogP contribution >= 0.6 is 23.4 Å². The lowest BCUT2D eigenvalue weighted by atomic mass is 10.2. The van der Waals surface area contributed by atoms with E-state index in [2.05, 4.69) is 16.6 Å². The minimum absolute atomic E-state index is 0.104. The third-order valence-corrected chi connectivity index (χ3v) is 5.81. The lowest BCUT2D eigenvalue weighted by molar-refractivity contribution is -0.121. The number of thioether (sulfide) groups is 1. The van der Waals surface area contributed by atoms with E-state index in [1.54, 1.807) is 23.2 Å². The highest BCUT2D eigenvalue weighted by Gasteiger charge is 2.32. The van der Waals surface area contributed by atoms with Crippen LogP contribution in [-0.2, 0) is 11.4 Å². The van der Waals surface area contributed by atoms with Crippen LogP contribution in [0.25, 0.3) is 6.08 Å². The Morgan fingerprint density at radius 1 is 1.09 bits per heavy atom. The molecule has 0 aliphatic carbocycles. The van der Waals surface area contributed by atoms with Gasteiger partial charge in [0.2, 0.25) is 0 Å². The van der Waals surface area contributed by atoms with E-state index in [1.807, 2.05) is 66.7 Å². The van der Waals surface area contributed by atoms with Crippen molar-refractivity contribution >= 4 is 46.3 Å². The molecular weight excluding hydrogens is 442 g/mol. The molecule has 0 N–H and O–H groups in total. The molecule has 2 aromatic carbocycles. The van der Waals surface area contributed by atoms with Crippen LogP contribution in [0.1, 0.15) is 11.1 Å². The average molecular weight is 462 g/mol. The van der Waals surface area contributed by atoms with Gasteiger partial charge in [0.25, 0.3) is 5.91 Å². The maximum Gasteiger partial charge on any atom is 0.267 e. The van der Waals surface area contributed by atoms with Crippen LogP contribution in [0.15, 0.2) is 95.5 Å². The second-order valence-electron chi connectivity index (χ2n) is 6.88. The predicted molar refractivity (Wildman–Crippen MR) is 131 cm³/mol. The maximum atomic E-state index is 12.9. The minimum Gasteiger partial charge on any atom is -0.489 e. The number of ether oxygens (including phenoxy) is 1. The Balaban J connectivity index is 1.47. The van der Waals surface area contributed by atoms with Crippen molar-refractivity contribution in [2.24, 2.45) is 4.99 Å². The van der Waals surface area contributed by atoms with Crippen LogP contribution in [0, 0.1) is 0 Å². The van der Waals surface area contributed by atoms with E-state index in [9.17, 15) is 4.79 Å². The summed E-state index contributed by atoms with van der Waals surface area (Å²) in [7, 11) is 0. The maximum absolute atomic E-state index is 12.9. The van der Waals surface area contributed by atoms with Gasteiger partial charge in [-0.05, 0) is 65.4 Å². The van der Waals surface area contributed by atoms with Gasteiger partial charge in [0.05, 0.1) is 4.91 Å². The Morgan fingerprint density at radius 2 is 1.88 bits per heavy atom. The Kier molecular flexibility index (Phi) is 7.04. The molecular formula is C25H20ClN3O2S. The Bertz CT molecular complexity index is 1160. The highest BCUT2D eigenvalue weighted by atomic mass is 35.5. The second kappa shape index (κ2) is 10.3.